The smallest absolute Gasteiger partial charge is 0.399 e. The van der Waals surface area contributed by atoms with Gasteiger partial charge in [-0.3, -0.25) is 9.59 Å². The summed E-state index contributed by atoms with van der Waals surface area (Å²) in [7, 11) is 0. The van der Waals surface area contributed by atoms with E-state index in [0.29, 0.717) is 11.3 Å². The first-order valence-electron chi connectivity index (χ1n) is 6.91. The molecule has 1 aliphatic heterocycles. The zero-order valence-electron chi connectivity index (χ0n) is 12.2. The zero-order chi connectivity index (χ0) is 17.3. The summed E-state index contributed by atoms with van der Waals surface area (Å²) in [5, 5.41) is 2.45. The number of ketones is 1. The van der Waals surface area contributed by atoms with Gasteiger partial charge in [0.2, 0.25) is 5.91 Å². The maximum atomic E-state index is 12.9. The maximum Gasteiger partial charge on any atom is 0.586 e. The predicted octanol–water partition coefficient (Wildman–Crippen LogP) is 2.80. The number of benzene rings is 2. The van der Waals surface area contributed by atoms with Gasteiger partial charge in [-0.05, 0) is 36.4 Å². The van der Waals surface area contributed by atoms with Crippen LogP contribution < -0.4 is 20.5 Å². The minimum Gasteiger partial charge on any atom is -0.399 e. The molecule has 0 aromatic heterocycles. The van der Waals surface area contributed by atoms with Gasteiger partial charge in [-0.1, -0.05) is 0 Å². The predicted molar refractivity (Wildman–Crippen MR) is 81.1 cm³/mol. The Balaban J connectivity index is 1.63. The minimum absolute atomic E-state index is 0.129. The van der Waals surface area contributed by atoms with Gasteiger partial charge in [-0.25, -0.2) is 0 Å². The van der Waals surface area contributed by atoms with Crippen molar-refractivity contribution in [3.63, 3.8) is 0 Å². The Morgan fingerprint density at radius 2 is 1.71 bits per heavy atom. The van der Waals surface area contributed by atoms with Gasteiger partial charge < -0.3 is 20.5 Å². The fraction of sp³-hybridized carbons (Fsp3) is 0.125. The van der Waals surface area contributed by atoms with Crippen molar-refractivity contribution in [1.82, 2.24) is 0 Å². The lowest BCUT2D eigenvalue weighted by atomic mass is 10.1. The third kappa shape index (κ3) is 3.43. The number of hydrogen-bond donors (Lipinski definition) is 2. The number of amides is 1. The standard InChI is InChI=1S/C16H12F2N2O4/c17-16(18)23-13-6-5-11(7-14(13)24-16)20-15(22)8-12(21)9-1-3-10(19)4-2-9/h1-7H,8,19H2,(H,20,22). The van der Waals surface area contributed by atoms with Gasteiger partial charge in [-0.2, -0.15) is 0 Å². The first-order chi connectivity index (χ1) is 11.3. The molecule has 0 bridgehead atoms. The summed E-state index contributed by atoms with van der Waals surface area (Å²) in [4.78, 5) is 23.9. The molecular weight excluding hydrogens is 322 g/mol. The number of Topliss-reactive ketones (excluding diaryl/α,β-unsaturated/α-hetero) is 1. The third-order valence-corrected chi connectivity index (χ3v) is 3.24. The molecule has 2 aromatic rings. The molecule has 0 radical (unpaired) electrons. The van der Waals surface area contributed by atoms with Crippen molar-refractivity contribution in [2.24, 2.45) is 0 Å². The summed E-state index contributed by atoms with van der Waals surface area (Å²) >= 11 is 0. The van der Waals surface area contributed by atoms with E-state index in [-0.39, 0.29) is 23.0 Å². The first-order valence-corrected chi connectivity index (χ1v) is 6.91. The summed E-state index contributed by atoms with van der Waals surface area (Å²) in [5.41, 5.74) is 6.60. The number of rotatable bonds is 4. The van der Waals surface area contributed by atoms with E-state index >= 15 is 0 Å². The molecule has 0 saturated carbocycles. The minimum atomic E-state index is -3.73. The normalized spacial score (nSPS) is 14.2. The van der Waals surface area contributed by atoms with Crippen LogP contribution >= 0.6 is 0 Å². The number of nitrogen functional groups attached to an aromatic ring is 1. The van der Waals surface area contributed by atoms with Crippen LogP contribution in [0.15, 0.2) is 42.5 Å². The SMILES string of the molecule is Nc1ccc(C(=O)CC(=O)Nc2ccc3c(c2)OC(F)(F)O3)cc1. The Hall–Kier alpha value is -3.16. The van der Waals surface area contributed by atoms with Crippen molar-refractivity contribution in [2.75, 3.05) is 11.1 Å². The monoisotopic (exact) mass is 334 g/mol. The molecular formula is C16H12F2N2O4. The fourth-order valence-corrected chi connectivity index (χ4v) is 2.15. The van der Waals surface area contributed by atoms with Gasteiger partial charge in [0.1, 0.15) is 0 Å². The highest BCUT2D eigenvalue weighted by Crippen LogP contribution is 2.42. The van der Waals surface area contributed by atoms with E-state index < -0.39 is 18.6 Å². The van der Waals surface area contributed by atoms with Crippen molar-refractivity contribution >= 4 is 23.1 Å². The number of carbonyl (C=O) groups is 2. The number of hydrogen-bond acceptors (Lipinski definition) is 5. The number of halogens is 2. The zero-order valence-corrected chi connectivity index (χ0v) is 12.2. The average molecular weight is 334 g/mol. The van der Waals surface area contributed by atoms with Crippen LogP contribution in [0.25, 0.3) is 0 Å². The summed E-state index contributed by atoms with van der Waals surface area (Å²) in [6, 6.07) is 9.97. The summed E-state index contributed by atoms with van der Waals surface area (Å²) in [6.45, 7) is 0. The van der Waals surface area contributed by atoms with Gasteiger partial charge in [0.25, 0.3) is 0 Å². The van der Waals surface area contributed by atoms with Gasteiger partial charge in [0.15, 0.2) is 17.3 Å². The van der Waals surface area contributed by atoms with Crippen LogP contribution in [0.4, 0.5) is 20.2 Å². The van der Waals surface area contributed by atoms with Crippen LogP contribution in [-0.4, -0.2) is 18.0 Å². The van der Waals surface area contributed by atoms with Crippen LogP contribution in [-0.2, 0) is 4.79 Å². The molecule has 0 atom stereocenters. The average Bonchev–Trinajstić information content (AvgIpc) is 2.80. The molecule has 8 heteroatoms. The van der Waals surface area contributed by atoms with Gasteiger partial charge in [0.05, 0.1) is 6.42 Å². The van der Waals surface area contributed by atoms with E-state index in [4.69, 9.17) is 5.73 Å². The third-order valence-electron chi connectivity index (χ3n) is 3.24. The number of alkyl halides is 2. The van der Waals surface area contributed by atoms with Crippen LogP contribution in [0.5, 0.6) is 11.5 Å². The lowest BCUT2D eigenvalue weighted by molar-refractivity contribution is -0.286. The number of fused-ring (bicyclic) bond motifs is 1. The Bertz CT molecular complexity index is 806. The van der Waals surface area contributed by atoms with Crippen molar-refractivity contribution < 1.29 is 27.8 Å². The molecule has 0 aliphatic carbocycles. The molecule has 3 N–H and O–H groups in total. The van der Waals surface area contributed by atoms with E-state index in [1.165, 1.54) is 30.3 Å². The largest absolute Gasteiger partial charge is 0.586 e. The van der Waals surface area contributed by atoms with Crippen molar-refractivity contribution in [1.29, 1.82) is 0 Å². The molecule has 0 fully saturated rings. The highest BCUT2D eigenvalue weighted by atomic mass is 19.3. The summed E-state index contributed by atoms with van der Waals surface area (Å²) in [6.07, 6.45) is -4.12. The van der Waals surface area contributed by atoms with E-state index in [1.807, 2.05) is 0 Å². The summed E-state index contributed by atoms with van der Waals surface area (Å²) in [5.74, 6) is -1.29. The highest BCUT2D eigenvalue weighted by Gasteiger charge is 2.43. The van der Waals surface area contributed by atoms with Crippen molar-refractivity contribution in [3.8, 4) is 11.5 Å². The molecule has 124 valence electrons. The van der Waals surface area contributed by atoms with Crippen LogP contribution in [0, 0.1) is 0 Å². The summed E-state index contributed by atoms with van der Waals surface area (Å²) < 4.78 is 34.4. The maximum absolute atomic E-state index is 12.9. The second-order valence-corrected chi connectivity index (χ2v) is 5.10. The van der Waals surface area contributed by atoms with Crippen LogP contribution in [0.3, 0.4) is 0 Å². The van der Waals surface area contributed by atoms with E-state index in [1.54, 1.807) is 12.1 Å². The molecule has 1 amide bonds. The quantitative estimate of drug-likeness (QED) is 0.510. The number of ether oxygens (including phenoxy) is 2. The molecule has 0 unspecified atom stereocenters. The second kappa shape index (κ2) is 5.80. The molecule has 0 spiro atoms. The first kappa shape index (κ1) is 15.7. The Kier molecular flexibility index (Phi) is 3.80. The molecule has 1 aliphatic rings. The van der Waals surface area contributed by atoms with Gasteiger partial charge in [0, 0.05) is 23.0 Å². The highest BCUT2D eigenvalue weighted by molar-refractivity contribution is 6.11. The molecule has 1 heterocycles. The topological polar surface area (TPSA) is 90.7 Å². The van der Waals surface area contributed by atoms with Gasteiger partial charge in [-0.15, -0.1) is 8.78 Å². The molecule has 24 heavy (non-hydrogen) atoms. The molecule has 6 nitrogen and oxygen atoms in total. The lowest BCUT2D eigenvalue weighted by Crippen LogP contribution is -2.25. The molecule has 3 rings (SSSR count). The van der Waals surface area contributed by atoms with Crippen molar-refractivity contribution in [2.45, 2.75) is 12.7 Å². The Morgan fingerprint density at radius 1 is 1.04 bits per heavy atom. The number of carbonyl (C=O) groups excluding carboxylic acids is 2. The van der Waals surface area contributed by atoms with E-state index in [9.17, 15) is 18.4 Å². The molecule has 2 aromatic carbocycles. The second-order valence-electron chi connectivity index (χ2n) is 5.10. The van der Waals surface area contributed by atoms with Crippen LogP contribution in [0.2, 0.25) is 0 Å². The van der Waals surface area contributed by atoms with E-state index in [0.717, 1.165) is 0 Å². The number of nitrogens with one attached hydrogen (secondary N) is 1. The number of anilines is 2. The molecule has 0 saturated heterocycles. The fourth-order valence-electron chi connectivity index (χ4n) is 2.15. The Morgan fingerprint density at radius 3 is 2.42 bits per heavy atom. The Labute approximate surface area is 135 Å². The lowest BCUT2D eigenvalue weighted by Gasteiger charge is -2.06. The van der Waals surface area contributed by atoms with Crippen molar-refractivity contribution in [3.05, 3.63) is 48.0 Å². The van der Waals surface area contributed by atoms with E-state index in [2.05, 4.69) is 14.8 Å². The van der Waals surface area contributed by atoms with Gasteiger partial charge >= 0.3 is 6.29 Å². The van der Waals surface area contributed by atoms with Crippen LogP contribution in [0.1, 0.15) is 16.8 Å². The number of nitrogens with two attached hydrogens (primary N) is 1.